The number of furan rings is 1. The Morgan fingerprint density at radius 2 is 2.00 bits per heavy atom. The summed E-state index contributed by atoms with van der Waals surface area (Å²) in [5, 5.41) is 7.89. The van der Waals surface area contributed by atoms with Gasteiger partial charge in [-0.05, 0) is 37.1 Å². The summed E-state index contributed by atoms with van der Waals surface area (Å²) in [6.07, 6.45) is 2.85. The number of hydrogen-bond acceptors (Lipinski definition) is 7. The van der Waals surface area contributed by atoms with E-state index >= 15 is 0 Å². The summed E-state index contributed by atoms with van der Waals surface area (Å²) >= 11 is 0. The summed E-state index contributed by atoms with van der Waals surface area (Å²) in [6, 6.07) is 12.6. The van der Waals surface area contributed by atoms with Crippen LogP contribution in [0, 0.1) is 5.92 Å². The SMILES string of the molecule is O=C(OCc1nnc(-c2ccccc2)o1)[C@@H]1CCCN(C(=O)c2ccco2)C1. The molecular weight excluding hydrogens is 362 g/mol. The zero-order valence-electron chi connectivity index (χ0n) is 15.1. The molecule has 0 unspecified atom stereocenters. The molecule has 1 fully saturated rings. The molecule has 8 heteroatoms. The maximum atomic E-state index is 12.4. The number of carbonyl (C=O) groups excluding carboxylic acids is 2. The molecule has 28 heavy (non-hydrogen) atoms. The van der Waals surface area contributed by atoms with Gasteiger partial charge >= 0.3 is 5.97 Å². The third kappa shape index (κ3) is 3.95. The van der Waals surface area contributed by atoms with Crippen LogP contribution in [0.5, 0.6) is 0 Å². The molecule has 0 saturated carbocycles. The molecule has 8 nitrogen and oxygen atoms in total. The van der Waals surface area contributed by atoms with Gasteiger partial charge in [0.2, 0.25) is 5.89 Å². The van der Waals surface area contributed by atoms with E-state index in [2.05, 4.69) is 10.2 Å². The van der Waals surface area contributed by atoms with E-state index in [0.717, 1.165) is 12.0 Å². The molecule has 3 aromatic rings. The lowest BCUT2D eigenvalue weighted by Gasteiger charge is -2.30. The molecule has 0 radical (unpaired) electrons. The fourth-order valence-electron chi connectivity index (χ4n) is 3.17. The second kappa shape index (κ2) is 8.08. The van der Waals surface area contributed by atoms with Crippen LogP contribution in [0.15, 0.2) is 57.6 Å². The van der Waals surface area contributed by atoms with E-state index in [4.69, 9.17) is 13.6 Å². The normalized spacial score (nSPS) is 16.7. The van der Waals surface area contributed by atoms with Gasteiger partial charge in [0.25, 0.3) is 11.8 Å². The van der Waals surface area contributed by atoms with Crippen molar-refractivity contribution >= 4 is 11.9 Å². The first-order valence-electron chi connectivity index (χ1n) is 9.08. The zero-order valence-corrected chi connectivity index (χ0v) is 15.1. The molecule has 0 N–H and O–H groups in total. The van der Waals surface area contributed by atoms with Gasteiger partial charge in [0.05, 0.1) is 12.2 Å². The van der Waals surface area contributed by atoms with Gasteiger partial charge in [-0.2, -0.15) is 0 Å². The Hall–Kier alpha value is -3.42. The first kappa shape index (κ1) is 18.0. The third-order valence-electron chi connectivity index (χ3n) is 4.60. The Kier molecular flexibility index (Phi) is 5.18. The van der Waals surface area contributed by atoms with Crippen molar-refractivity contribution in [2.24, 2.45) is 5.92 Å². The molecule has 1 atom stereocenters. The average Bonchev–Trinajstić information content (AvgIpc) is 3.44. The van der Waals surface area contributed by atoms with Crippen LogP contribution in [0.3, 0.4) is 0 Å². The van der Waals surface area contributed by atoms with Gasteiger partial charge in [0.1, 0.15) is 0 Å². The predicted octanol–water partition coefficient (Wildman–Crippen LogP) is 2.93. The average molecular weight is 381 g/mol. The van der Waals surface area contributed by atoms with Crippen molar-refractivity contribution in [2.45, 2.75) is 19.4 Å². The van der Waals surface area contributed by atoms with E-state index < -0.39 is 0 Å². The molecule has 4 rings (SSSR count). The van der Waals surface area contributed by atoms with Crippen LogP contribution in [0.25, 0.3) is 11.5 Å². The van der Waals surface area contributed by atoms with E-state index in [-0.39, 0.29) is 36.1 Å². The first-order chi connectivity index (χ1) is 13.7. The summed E-state index contributed by atoms with van der Waals surface area (Å²) < 4.78 is 16.0. The first-order valence-corrected chi connectivity index (χ1v) is 9.08. The number of nitrogens with zero attached hydrogens (tertiary/aromatic N) is 3. The van der Waals surface area contributed by atoms with Crippen LogP contribution in [0.2, 0.25) is 0 Å². The van der Waals surface area contributed by atoms with E-state index in [9.17, 15) is 9.59 Å². The standard InChI is InChI=1S/C20H19N3O5/c24-19(16-9-5-11-26-16)23-10-4-8-15(12-23)20(25)27-13-17-21-22-18(28-17)14-6-2-1-3-7-14/h1-3,5-7,9,11,15H,4,8,10,12-13H2/t15-/m1/s1. The number of aromatic nitrogens is 2. The number of benzene rings is 1. The highest BCUT2D eigenvalue weighted by Crippen LogP contribution is 2.21. The van der Waals surface area contributed by atoms with Gasteiger partial charge in [-0.3, -0.25) is 9.59 Å². The second-order valence-electron chi connectivity index (χ2n) is 6.54. The lowest BCUT2D eigenvalue weighted by atomic mass is 9.98. The van der Waals surface area contributed by atoms with E-state index in [1.807, 2.05) is 30.3 Å². The zero-order chi connectivity index (χ0) is 19.3. The van der Waals surface area contributed by atoms with E-state index in [0.29, 0.717) is 25.4 Å². The Balaban J connectivity index is 1.32. The summed E-state index contributed by atoms with van der Waals surface area (Å²) in [5.41, 5.74) is 0.798. The monoisotopic (exact) mass is 381 g/mol. The van der Waals surface area contributed by atoms with Crippen LogP contribution in [-0.2, 0) is 16.1 Å². The summed E-state index contributed by atoms with van der Waals surface area (Å²) in [5.74, 6) is -0.105. The predicted molar refractivity (Wildman–Crippen MR) is 96.9 cm³/mol. The molecule has 1 aliphatic heterocycles. The number of hydrogen-bond donors (Lipinski definition) is 0. The lowest BCUT2D eigenvalue weighted by molar-refractivity contribution is -0.152. The van der Waals surface area contributed by atoms with Gasteiger partial charge in [-0.25, -0.2) is 0 Å². The minimum atomic E-state index is -0.385. The van der Waals surface area contributed by atoms with E-state index in [1.54, 1.807) is 17.0 Å². The van der Waals surface area contributed by atoms with Crippen molar-refractivity contribution in [1.82, 2.24) is 15.1 Å². The molecule has 0 aliphatic carbocycles. The Morgan fingerprint density at radius 3 is 2.79 bits per heavy atom. The van der Waals surface area contributed by atoms with Crippen LogP contribution >= 0.6 is 0 Å². The smallest absolute Gasteiger partial charge is 0.311 e. The van der Waals surface area contributed by atoms with Crippen molar-refractivity contribution < 1.29 is 23.2 Å². The fraction of sp³-hybridized carbons (Fsp3) is 0.300. The molecule has 1 aromatic carbocycles. The van der Waals surface area contributed by atoms with Crippen LogP contribution in [0.4, 0.5) is 0 Å². The topological polar surface area (TPSA) is 98.7 Å². The maximum Gasteiger partial charge on any atom is 0.311 e. The van der Waals surface area contributed by atoms with Gasteiger partial charge in [0, 0.05) is 18.7 Å². The molecule has 0 spiro atoms. The molecule has 1 amide bonds. The fourth-order valence-corrected chi connectivity index (χ4v) is 3.17. The van der Waals surface area contributed by atoms with Gasteiger partial charge in [-0.15, -0.1) is 10.2 Å². The number of likely N-dealkylation sites (tertiary alicyclic amines) is 1. The van der Waals surface area contributed by atoms with Crippen molar-refractivity contribution in [2.75, 3.05) is 13.1 Å². The Morgan fingerprint density at radius 1 is 1.14 bits per heavy atom. The maximum absolute atomic E-state index is 12.4. The minimum absolute atomic E-state index is 0.0959. The number of piperidine rings is 1. The number of esters is 1. The number of rotatable bonds is 5. The highest BCUT2D eigenvalue weighted by molar-refractivity contribution is 5.91. The number of carbonyl (C=O) groups is 2. The minimum Gasteiger partial charge on any atom is -0.459 e. The van der Waals surface area contributed by atoms with Crippen molar-refractivity contribution in [3.63, 3.8) is 0 Å². The Labute approximate surface area is 161 Å². The van der Waals surface area contributed by atoms with Crippen molar-refractivity contribution in [1.29, 1.82) is 0 Å². The third-order valence-corrected chi connectivity index (χ3v) is 4.60. The Bertz CT molecular complexity index is 936. The van der Waals surface area contributed by atoms with E-state index in [1.165, 1.54) is 6.26 Å². The molecule has 1 saturated heterocycles. The summed E-state index contributed by atoms with van der Waals surface area (Å²) in [4.78, 5) is 26.4. The van der Waals surface area contributed by atoms with Crippen molar-refractivity contribution in [3.8, 4) is 11.5 Å². The summed E-state index contributed by atoms with van der Waals surface area (Å²) in [7, 11) is 0. The quantitative estimate of drug-likeness (QED) is 0.627. The van der Waals surface area contributed by atoms with Crippen LogP contribution in [0.1, 0.15) is 29.3 Å². The van der Waals surface area contributed by atoms with Gasteiger partial charge in [0.15, 0.2) is 12.4 Å². The highest BCUT2D eigenvalue weighted by atomic mass is 16.5. The lowest BCUT2D eigenvalue weighted by Crippen LogP contribution is -2.42. The summed E-state index contributed by atoms with van der Waals surface area (Å²) in [6.45, 7) is 0.798. The second-order valence-corrected chi connectivity index (χ2v) is 6.54. The molecule has 1 aliphatic rings. The molecule has 3 heterocycles. The highest BCUT2D eigenvalue weighted by Gasteiger charge is 2.31. The number of ether oxygens (including phenoxy) is 1. The van der Waals surface area contributed by atoms with Crippen LogP contribution in [-0.4, -0.2) is 40.1 Å². The largest absolute Gasteiger partial charge is 0.459 e. The molecule has 2 aromatic heterocycles. The van der Waals surface area contributed by atoms with Gasteiger partial charge < -0.3 is 18.5 Å². The number of amides is 1. The van der Waals surface area contributed by atoms with Crippen molar-refractivity contribution in [3.05, 3.63) is 60.4 Å². The molecular formula is C20H19N3O5. The molecule has 0 bridgehead atoms. The van der Waals surface area contributed by atoms with Crippen LogP contribution < -0.4 is 0 Å². The molecule has 144 valence electrons. The van der Waals surface area contributed by atoms with Gasteiger partial charge in [-0.1, -0.05) is 18.2 Å².